The Balaban J connectivity index is 2.66. The van der Waals surface area contributed by atoms with Gasteiger partial charge >= 0.3 is 0 Å². The second-order valence-corrected chi connectivity index (χ2v) is 4.98. The van der Waals surface area contributed by atoms with Crippen LogP contribution in [0.4, 0.5) is 4.39 Å². The van der Waals surface area contributed by atoms with Crippen molar-refractivity contribution >= 4 is 5.91 Å². The van der Waals surface area contributed by atoms with E-state index in [4.69, 9.17) is 5.11 Å². The van der Waals surface area contributed by atoms with Crippen molar-refractivity contribution in [3.63, 3.8) is 0 Å². The molecule has 18 heavy (non-hydrogen) atoms. The van der Waals surface area contributed by atoms with E-state index in [-0.39, 0.29) is 23.3 Å². The molecular weight excluding hydrogens is 237 g/mol. The van der Waals surface area contributed by atoms with Crippen LogP contribution in [0.5, 0.6) is 5.75 Å². The summed E-state index contributed by atoms with van der Waals surface area (Å²) >= 11 is 0. The van der Waals surface area contributed by atoms with Crippen molar-refractivity contribution in [2.24, 2.45) is 5.41 Å². The summed E-state index contributed by atoms with van der Waals surface area (Å²) in [5, 5.41) is 21.0. The first-order valence-corrected chi connectivity index (χ1v) is 5.73. The van der Waals surface area contributed by atoms with Crippen LogP contribution in [0.15, 0.2) is 18.2 Å². The fourth-order valence-corrected chi connectivity index (χ4v) is 1.50. The molecule has 0 aliphatic rings. The molecule has 0 saturated carbocycles. The van der Waals surface area contributed by atoms with Gasteiger partial charge in [0.25, 0.3) is 5.91 Å². The molecule has 1 amide bonds. The summed E-state index contributed by atoms with van der Waals surface area (Å²) in [4.78, 5) is 11.8. The fraction of sp³-hybridized carbons (Fsp3) is 0.462. The van der Waals surface area contributed by atoms with E-state index < -0.39 is 11.7 Å². The first-order chi connectivity index (χ1) is 8.35. The minimum atomic E-state index is -0.593. The molecule has 0 fully saturated rings. The van der Waals surface area contributed by atoms with Crippen molar-refractivity contribution < 1.29 is 19.4 Å². The van der Waals surface area contributed by atoms with E-state index in [0.717, 1.165) is 12.1 Å². The number of phenols is 1. The van der Waals surface area contributed by atoms with Gasteiger partial charge in [0, 0.05) is 19.2 Å². The number of carbonyl (C=O) groups excluding carboxylic acids is 1. The molecule has 0 spiro atoms. The van der Waals surface area contributed by atoms with Crippen LogP contribution in [0.3, 0.4) is 0 Å². The highest BCUT2D eigenvalue weighted by Gasteiger charge is 2.19. The third-order valence-electron chi connectivity index (χ3n) is 2.72. The largest absolute Gasteiger partial charge is 0.507 e. The Morgan fingerprint density at radius 3 is 2.67 bits per heavy atom. The van der Waals surface area contributed by atoms with Gasteiger partial charge < -0.3 is 15.5 Å². The summed E-state index contributed by atoms with van der Waals surface area (Å²) in [7, 11) is 0. The maximum atomic E-state index is 12.8. The zero-order valence-corrected chi connectivity index (χ0v) is 10.5. The number of nitrogens with one attached hydrogen (secondary N) is 1. The second kappa shape index (κ2) is 5.82. The van der Waals surface area contributed by atoms with Gasteiger partial charge in [-0.25, -0.2) is 4.39 Å². The highest BCUT2D eigenvalue weighted by Crippen LogP contribution is 2.20. The predicted octanol–water partition coefficient (Wildman–Crippen LogP) is 1.67. The van der Waals surface area contributed by atoms with Gasteiger partial charge in [-0.05, 0) is 24.0 Å². The van der Waals surface area contributed by atoms with Crippen LogP contribution < -0.4 is 5.32 Å². The Hall–Kier alpha value is -1.62. The second-order valence-electron chi connectivity index (χ2n) is 4.98. The number of rotatable bonds is 5. The van der Waals surface area contributed by atoms with Crippen LogP contribution in [-0.2, 0) is 0 Å². The first-order valence-electron chi connectivity index (χ1n) is 5.73. The van der Waals surface area contributed by atoms with E-state index in [1.165, 1.54) is 6.07 Å². The molecule has 0 atom stereocenters. The van der Waals surface area contributed by atoms with Crippen molar-refractivity contribution in [3.05, 3.63) is 29.6 Å². The van der Waals surface area contributed by atoms with Crippen LogP contribution in [0.25, 0.3) is 0 Å². The average Bonchev–Trinajstić information content (AvgIpc) is 2.26. The third kappa shape index (κ3) is 4.00. The minimum Gasteiger partial charge on any atom is -0.507 e. The number of carbonyl (C=O) groups is 1. The van der Waals surface area contributed by atoms with Crippen LogP contribution >= 0.6 is 0 Å². The predicted molar refractivity (Wildman–Crippen MR) is 65.9 cm³/mol. The van der Waals surface area contributed by atoms with Gasteiger partial charge in [0.2, 0.25) is 0 Å². The Morgan fingerprint density at radius 2 is 2.11 bits per heavy atom. The van der Waals surface area contributed by atoms with E-state index in [0.29, 0.717) is 13.0 Å². The maximum Gasteiger partial charge on any atom is 0.255 e. The number of benzene rings is 1. The molecule has 0 aliphatic heterocycles. The molecule has 0 heterocycles. The van der Waals surface area contributed by atoms with E-state index >= 15 is 0 Å². The fourth-order valence-electron chi connectivity index (χ4n) is 1.50. The number of aliphatic hydroxyl groups is 1. The number of hydrogen-bond acceptors (Lipinski definition) is 3. The molecule has 100 valence electrons. The summed E-state index contributed by atoms with van der Waals surface area (Å²) in [5.41, 5.74) is -0.198. The summed E-state index contributed by atoms with van der Waals surface area (Å²) in [5.74, 6) is -1.43. The number of aromatic hydroxyl groups is 1. The van der Waals surface area contributed by atoms with E-state index in [1.807, 2.05) is 13.8 Å². The molecule has 0 aliphatic carbocycles. The van der Waals surface area contributed by atoms with Gasteiger partial charge in [-0.3, -0.25) is 4.79 Å². The quantitative estimate of drug-likeness (QED) is 0.749. The van der Waals surface area contributed by atoms with Gasteiger partial charge in [0.05, 0.1) is 5.56 Å². The molecule has 1 rings (SSSR count). The smallest absolute Gasteiger partial charge is 0.255 e. The Labute approximate surface area is 105 Å². The Morgan fingerprint density at radius 1 is 1.44 bits per heavy atom. The lowest BCUT2D eigenvalue weighted by molar-refractivity contribution is 0.0925. The molecule has 0 saturated heterocycles. The van der Waals surface area contributed by atoms with Crippen molar-refractivity contribution in [2.75, 3.05) is 13.2 Å². The lowest BCUT2D eigenvalue weighted by Gasteiger charge is -2.23. The van der Waals surface area contributed by atoms with Crippen molar-refractivity contribution in [1.82, 2.24) is 5.32 Å². The summed E-state index contributed by atoms with van der Waals surface area (Å²) in [6.07, 6.45) is 0.558. The van der Waals surface area contributed by atoms with Gasteiger partial charge in [-0.2, -0.15) is 0 Å². The first kappa shape index (κ1) is 14.4. The number of aliphatic hydroxyl groups excluding tert-OH is 1. The standard InChI is InChI=1S/C13H18FNO3/c1-13(2,5-6-16)8-15-12(18)10-4-3-9(14)7-11(10)17/h3-4,7,16-17H,5-6,8H2,1-2H3,(H,15,18). The lowest BCUT2D eigenvalue weighted by atomic mass is 9.89. The minimum absolute atomic E-state index is 0.0381. The van der Waals surface area contributed by atoms with Crippen molar-refractivity contribution in [2.45, 2.75) is 20.3 Å². The monoisotopic (exact) mass is 255 g/mol. The van der Waals surface area contributed by atoms with Crippen molar-refractivity contribution in [3.8, 4) is 5.75 Å². The molecule has 5 heteroatoms. The van der Waals surface area contributed by atoms with Crippen LogP contribution in [0, 0.1) is 11.2 Å². The third-order valence-corrected chi connectivity index (χ3v) is 2.72. The SMILES string of the molecule is CC(C)(CCO)CNC(=O)c1ccc(F)cc1O. The van der Waals surface area contributed by atoms with Crippen LogP contribution in [0.1, 0.15) is 30.6 Å². The zero-order valence-electron chi connectivity index (χ0n) is 10.5. The van der Waals surface area contributed by atoms with Gasteiger partial charge in [0.1, 0.15) is 11.6 Å². The molecule has 0 unspecified atom stereocenters. The van der Waals surface area contributed by atoms with Gasteiger partial charge in [0.15, 0.2) is 0 Å². The summed E-state index contributed by atoms with van der Waals surface area (Å²) in [6, 6.07) is 3.25. The maximum absolute atomic E-state index is 12.8. The molecule has 0 bridgehead atoms. The number of halogens is 1. The van der Waals surface area contributed by atoms with Crippen LogP contribution in [0.2, 0.25) is 0 Å². The van der Waals surface area contributed by atoms with E-state index in [2.05, 4.69) is 5.32 Å². The van der Waals surface area contributed by atoms with Crippen LogP contribution in [-0.4, -0.2) is 29.3 Å². The molecule has 0 radical (unpaired) electrons. The molecule has 4 nitrogen and oxygen atoms in total. The normalized spacial score (nSPS) is 11.3. The summed E-state index contributed by atoms with van der Waals surface area (Å²) < 4.78 is 12.8. The highest BCUT2D eigenvalue weighted by molar-refractivity contribution is 5.96. The molecule has 0 aromatic heterocycles. The number of phenolic OH excluding ortho intramolecular Hbond substituents is 1. The molecule has 1 aromatic carbocycles. The molecule has 3 N–H and O–H groups in total. The van der Waals surface area contributed by atoms with Gasteiger partial charge in [-0.1, -0.05) is 13.8 Å². The Kier molecular flexibility index (Phi) is 4.67. The zero-order chi connectivity index (χ0) is 13.8. The topological polar surface area (TPSA) is 69.6 Å². The average molecular weight is 255 g/mol. The molecular formula is C13H18FNO3. The van der Waals surface area contributed by atoms with E-state index in [9.17, 15) is 14.3 Å². The van der Waals surface area contributed by atoms with Gasteiger partial charge in [-0.15, -0.1) is 0 Å². The highest BCUT2D eigenvalue weighted by atomic mass is 19.1. The summed E-state index contributed by atoms with van der Waals surface area (Å²) in [6.45, 7) is 4.23. The molecule has 1 aromatic rings. The Bertz CT molecular complexity index is 432. The van der Waals surface area contributed by atoms with Crippen molar-refractivity contribution in [1.29, 1.82) is 0 Å². The number of hydrogen-bond donors (Lipinski definition) is 3. The lowest BCUT2D eigenvalue weighted by Crippen LogP contribution is -2.34. The number of amides is 1. The van der Waals surface area contributed by atoms with E-state index in [1.54, 1.807) is 0 Å².